The van der Waals surface area contributed by atoms with Crippen LogP contribution in [0.1, 0.15) is 5.56 Å². The Bertz CT molecular complexity index is 2880. The van der Waals surface area contributed by atoms with Crippen LogP contribution in [0.3, 0.4) is 0 Å². The van der Waals surface area contributed by atoms with Crippen molar-refractivity contribution in [2.45, 2.75) is 0 Å². The van der Waals surface area contributed by atoms with E-state index in [1.54, 1.807) is 0 Å². The number of nitrogens with zero attached hydrogens (tertiary/aromatic N) is 4. The number of rotatable bonds is 3. The summed E-state index contributed by atoms with van der Waals surface area (Å²) < 4.78 is 10.9. The summed E-state index contributed by atoms with van der Waals surface area (Å²) in [7, 11) is 0. The monoisotopic (exact) mass is 600 g/mol. The van der Waals surface area contributed by atoms with Crippen LogP contribution >= 0.6 is 0 Å². The molecule has 4 heterocycles. The van der Waals surface area contributed by atoms with E-state index >= 15 is 0 Å². The van der Waals surface area contributed by atoms with Crippen molar-refractivity contribution in [3.8, 4) is 28.6 Å². The Balaban J connectivity index is 1.23. The predicted octanol–water partition coefficient (Wildman–Crippen LogP) is 10.7. The average Bonchev–Trinajstić information content (AvgIpc) is 3.79. The number of pyridine rings is 1. The smallest absolute Gasteiger partial charge is 0.137 e. The molecule has 0 aliphatic rings. The lowest BCUT2D eigenvalue weighted by molar-refractivity contribution is 0.669. The Hall–Kier alpha value is -6.64. The summed E-state index contributed by atoms with van der Waals surface area (Å²) >= 11 is 0. The van der Waals surface area contributed by atoms with Gasteiger partial charge in [0.1, 0.15) is 11.2 Å². The molecule has 0 bridgehead atoms. The van der Waals surface area contributed by atoms with Crippen molar-refractivity contribution in [1.29, 1.82) is 5.26 Å². The molecule has 0 unspecified atom stereocenters. The maximum atomic E-state index is 10.2. The maximum absolute atomic E-state index is 10.2. The van der Waals surface area contributed by atoms with E-state index in [-0.39, 0.29) is 0 Å². The molecule has 0 spiro atoms. The van der Waals surface area contributed by atoms with E-state index < -0.39 is 0 Å². The SMILES string of the molecule is N#Cc1cc(-c2cccc(-n3c4cccnc4c4ccc5oc6ccccc6c5c43)c2)cc(-n2c3ccccc3c3ccccc32)c1. The minimum atomic E-state index is 0.609. The maximum Gasteiger partial charge on any atom is 0.137 e. The molecule has 4 aromatic heterocycles. The third kappa shape index (κ3) is 3.67. The van der Waals surface area contributed by atoms with E-state index in [4.69, 9.17) is 9.40 Å². The van der Waals surface area contributed by atoms with Crippen molar-refractivity contribution in [2.75, 3.05) is 0 Å². The Labute approximate surface area is 268 Å². The lowest BCUT2D eigenvalue weighted by Gasteiger charge is -2.13. The third-order valence-corrected chi connectivity index (χ3v) is 9.34. The molecule has 10 aromatic rings. The van der Waals surface area contributed by atoms with Gasteiger partial charge in [0.2, 0.25) is 0 Å². The van der Waals surface area contributed by atoms with Gasteiger partial charge in [-0.3, -0.25) is 4.98 Å². The van der Waals surface area contributed by atoms with Crippen LogP contribution in [0.15, 0.2) is 150 Å². The summed E-state index contributed by atoms with van der Waals surface area (Å²) in [4.78, 5) is 4.83. The summed E-state index contributed by atoms with van der Waals surface area (Å²) in [6, 6.07) is 50.5. The molecule has 5 nitrogen and oxygen atoms in total. The van der Waals surface area contributed by atoms with Crippen molar-refractivity contribution in [2.24, 2.45) is 0 Å². The summed E-state index contributed by atoms with van der Waals surface area (Å²) in [6.07, 6.45) is 1.85. The highest BCUT2D eigenvalue weighted by Crippen LogP contribution is 2.41. The van der Waals surface area contributed by atoms with E-state index in [0.717, 1.165) is 77.4 Å². The number of fused-ring (bicyclic) bond motifs is 10. The number of hydrogen-bond donors (Lipinski definition) is 0. The number of furan rings is 1. The van der Waals surface area contributed by atoms with Gasteiger partial charge < -0.3 is 13.6 Å². The molecule has 6 aromatic carbocycles. The zero-order valence-corrected chi connectivity index (χ0v) is 25.1. The largest absolute Gasteiger partial charge is 0.456 e. The Morgan fingerprint density at radius 2 is 1.26 bits per heavy atom. The van der Waals surface area contributed by atoms with E-state index in [9.17, 15) is 5.26 Å². The molecule has 0 atom stereocenters. The molecule has 0 amide bonds. The highest BCUT2D eigenvalue weighted by Gasteiger charge is 2.20. The average molecular weight is 601 g/mol. The van der Waals surface area contributed by atoms with Crippen LogP contribution in [0.4, 0.5) is 0 Å². The fraction of sp³-hybridized carbons (Fsp3) is 0. The van der Waals surface area contributed by atoms with Gasteiger partial charge in [0.25, 0.3) is 0 Å². The quantitative estimate of drug-likeness (QED) is 0.203. The molecule has 0 radical (unpaired) electrons. The predicted molar refractivity (Wildman–Crippen MR) is 190 cm³/mol. The first-order valence-electron chi connectivity index (χ1n) is 15.6. The van der Waals surface area contributed by atoms with Crippen LogP contribution in [0.2, 0.25) is 0 Å². The lowest BCUT2D eigenvalue weighted by atomic mass is 10.0. The van der Waals surface area contributed by atoms with Gasteiger partial charge in [-0.1, -0.05) is 66.7 Å². The second kappa shape index (κ2) is 9.68. The van der Waals surface area contributed by atoms with E-state index in [1.165, 1.54) is 10.8 Å². The fourth-order valence-electron chi connectivity index (χ4n) is 7.39. The van der Waals surface area contributed by atoms with Crippen molar-refractivity contribution in [3.63, 3.8) is 0 Å². The first-order chi connectivity index (χ1) is 23.3. The lowest BCUT2D eigenvalue weighted by Crippen LogP contribution is -1.97. The molecule has 0 fully saturated rings. The molecule has 0 N–H and O–H groups in total. The highest BCUT2D eigenvalue weighted by atomic mass is 16.3. The number of aromatic nitrogens is 3. The van der Waals surface area contributed by atoms with Crippen LogP contribution in [-0.2, 0) is 0 Å². The zero-order chi connectivity index (χ0) is 31.1. The molecule has 0 saturated carbocycles. The van der Waals surface area contributed by atoms with Crippen LogP contribution < -0.4 is 0 Å². The fourth-order valence-corrected chi connectivity index (χ4v) is 7.39. The molecule has 218 valence electrons. The molecular weight excluding hydrogens is 576 g/mol. The topological polar surface area (TPSA) is 59.7 Å². The van der Waals surface area contributed by atoms with E-state index in [1.807, 2.05) is 36.5 Å². The van der Waals surface area contributed by atoms with Gasteiger partial charge in [-0.05, 0) is 83.9 Å². The normalized spacial score (nSPS) is 11.8. The third-order valence-electron chi connectivity index (χ3n) is 9.34. The standard InChI is InChI=1S/C42H24N4O/c43-25-26-21-28(24-30(22-26)45-35-14-4-1-11-31(35)32-12-2-5-15-36(32)45)27-9-7-10-29(23-27)46-37-16-8-20-44-41(37)34-18-19-39-40(42(34)46)33-13-3-6-17-38(33)47-39/h1-24H. The molecule has 47 heavy (non-hydrogen) atoms. The number of nitriles is 1. The van der Waals surface area contributed by atoms with Crippen molar-refractivity contribution >= 4 is 65.7 Å². The highest BCUT2D eigenvalue weighted by molar-refractivity contribution is 6.23. The van der Waals surface area contributed by atoms with Gasteiger partial charge in [0.15, 0.2) is 0 Å². The second-order valence-electron chi connectivity index (χ2n) is 11.9. The Kier molecular flexibility index (Phi) is 5.28. The first kappa shape index (κ1) is 25.7. The van der Waals surface area contributed by atoms with Crippen LogP contribution in [-0.4, -0.2) is 14.1 Å². The van der Waals surface area contributed by atoms with Gasteiger partial charge in [-0.25, -0.2) is 0 Å². The Morgan fingerprint density at radius 1 is 0.532 bits per heavy atom. The van der Waals surface area contributed by atoms with Gasteiger partial charge in [0, 0.05) is 39.1 Å². The van der Waals surface area contributed by atoms with E-state index in [0.29, 0.717) is 5.56 Å². The summed E-state index contributed by atoms with van der Waals surface area (Å²) in [5, 5.41) is 15.8. The van der Waals surface area contributed by atoms with Gasteiger partial charge in [-0.2, -0.15) is 5.26 Å². The summed E-state index contributed by atoms with van der Waals surface area (Å²) in [5.41, 5.74) is 11.5. The Morgan fingerprint density at radius 3 is 2.06 bits per heavy atom. The zero-order valence-electron chi connectivity index (χ0n) is 25.1. The molecule has 0 aliphatic carbocycles. The van der Waals surface area contributed by atoms with Gasteiger partial charge >= 0.3 is 0 Å². The molecule has 10 rings (SSSR count). The van der Waals surface area contributed by atoms with Crippen molar-refractivity contribution < 1.29 is 4.42 Å². The van der Waals surface area contributed by atoms with Gasteiger partial charge in [-0.15, -0.1) is 0 Å². The van der Waals surface area contributed by atoms with Crippen LogP contribution in [0, 0.1) is 11.3 Å². The summed E-state index contributed by atoms with van der Waals surface area (Å²) in [5.74, 6) is 0. The van der Waals surface area contributed by atoms with Crippen molar-refractivity contribution in [3.05, 3.63) is 151 Å². The number of benzene rings is 6. The van der Waals surface area contributed by atoms with Crippen molar-refractivity contribution in [1.82, 2.24) is 14.1 Å². The number of para-hydroxylation sites is 3. The second-order valence-corrected chi connectivity index (χ2v) is 11.9. The minimum absolute atomic E-state index is 0.609. The van der Waals surface area contributed by atoms with Gasteiger partial charge in [0.05, 0.1) is 44.6 Å². The first-order valence-corrected chi connectivity index (χ1v) is 15.6. The van der Waals surface area contributed by atoms with E-state index in [2.05, 4.69) is 124 Å². The molecule has 0 saturated heterocycles. The van der Waals surface area contributed by atoms with Crippen LogP contribution in [0.5, 0.6) is 0 Å². The molecule has 0 aliphatic heterocycles. The molecular formula is C42H24N4O. The number of hydrogen-bond acceptors (Lipinski definition) is 3. The summed E-state index contributed by atoms with van der Waals surface area (Å²) in [6.45, 7) is 0. The van der Waals surface area contributed by atoms with Crippen LogP contribution in [0.25, 0.3) is 88.2 Å². The molecule has 5 heteroatoms. The minimum Gasteiger partial charge on any atom is -0.456 e.